The number of hydrogen-bond acceptors (Lipinski definition) is 3. The number of carbonyl (C=O) groups excluding carboxylic acids is 1. The van der Waals surface area contributed by atoms with Gasteiger partial charge in [0.2, 0.25) is 0 Å². The molecule has 0 N–H and O–H groups in total. The summed E-state index contributed by atoms with van der Waals surface area (Å²) >= 11 is 3.33. The summed E-state index contributed by atoms with van der Waals surface area (Å²) in [6.07, 6.45) is 4.10. The zero-order chi connectivity index (χ0) is 15.8. The Morgan fingerprint density at radius 2 is 1.68 bits per heavy atom. The predicted octanol–water partition coefficient (Wildman–Crippen LogP) is 4.86. The minimum Gasteiger partial charge on any atom is -0.494 e. The van der Waals surface area contributed by atoms with Crippen molar-refractivity contribution in [1.82, 2.24) is 0 Å². The second-order valence-electron chi connectivity index (χ2n) is 4.63. The van der Waals surface area contributed by atoms with Gasteiger partial charge >= 0.3 is 5.97 Å². The smallest absolute Gasteiger partial charge is 0.336 e. The summed E-state index contributed by atoms with van der Waals surface area (Å²) in [6, 6.07) is 14.7. The molecular weight excluding hydrogens is 344 g/mol. The number of rotatable bonds is 6. The lowest BCUT2D eigenvalue weighted by Gasteiger charge is -2.04. The van der Waals surface area contributed by atoms with E-state index in [-0.39, 0.29) is 0 Å². The Labute approximate surface area is 138 Å². The van der Waals surface area contributed by atoms with Gasteiger partial charge in [0, 0.05) is 10.5 Å². The van der Waals surface area contributed by atoms with Gasteiger partial charge in [-0.3, -0.25) is 0 Å². The highest BCUT2D eigenvalue weighted by Crippen LogP contribution is 2.17. The van der Waals surface area contributed by atoms with Gasteiger partial charge in [0.15, 0.2) is 0 Å². The molecule has 0 amide bonds. The Kier molecular flexibility index (Phi) is 6.22. The topological polar surface area (TPSA) is 35.5 Å². The van der Waals surface area contributed by atoms with Crippen LogP contribution in [0.2, 0.25) is 0 Å². The first-order valence-electron chi connectivity index (χ1n) is 7.05. The summed E-state index contributed by atoms with van der Waals surface area (Å²) in [4.78, 5) is 11.7. The number of hydrogen-bond donors (Lipinski definition) is 0. The first kappa shape index (κ1) is 16.3. The molecule has 2 aromatic rings. The highest BCUT2D eigenvalue weighted by molar-refractivity contribution is 9.10. The van der Waals surface area contributed by atoms with E-state index in [0.717, 1.165) is 22.2 Å². The average Bonchev–Trinajstić information content (AvgIpc) is 2.54. The average molecular weight is 361 g/mol. The zero-order valence-electron chi connectivity index (χ0n) is 12.3. The number of ether oxygens (including phenoxy) is 2. The molecule has 4 heteroatoms. The maximum atomic E-state index is 11.7. The van der Waals surface area contributed by atoms with Crippen LogP contribution in [0.4, 0.5) is 0 Å². The van der Waals surface area contributed by atoms with Crippen LogP contribution >= 0.6 is 15.9 Å². The maximum Gasteiger partial charge on any atom is 0.336 e. The number of halogens is 1. The fraction of sp³-hybridized carbons (Fsp3) is 0.167. The van der Waals surface area contributed by atoms with Crippen LogP contribution in [0.1, 0.15) is 18.9 Å². The van der Waals surface area contributed by atoms with E-state index < -0.39 is 5.97 Å². The molecule has 0 saturated heterocycles. The van der Waals surface area contributed by atoms with Crippen molar-refractivity contribution in [1.29, 1.82) is 0 Å². The Balaban J connectivity index is 1.90. The van der Waals surface area contributed by atoms with Gasteiger partial charge in [0.25, 0.3) is 0 Å². The van der Waals surface area contributed by atoms with Crippen LogP contribution < -0.4 is 9.47 Å². The van der Waals surface area contributed by atoms with Crippen LogP contribution in [0.25, 0.3) is 6.08 Å². The fourth-order valence-electron chi connectivity index (χ4n) is 1.71. The van der Waals surface area contributed by atoms with Gasteiger partial charge < -0.3 is 9.47 Å². The van der Waals surface area contributed by atoms with Gasteiger partial charge in [0.1, 0.15) is 11.5 Å². The van der Waals surface area contributed by atoms with Crippen LogP contribution in [-0.4, -0.2) is 12.6 Å². The summed E-state index contributed by atoms with van der Waals surface area (Å²) < 4.78 is 11.6. The van der Waals surface area contributed by atoms with E-state index in [0.29, 0.717) is 12.4 Å². The molecule has 22 heavy (non-hydrogen) atoms. The van der Waals surface area contributed by atoms with Crippen molar-refractivity contribution >= 4 is 28.0 Å². The Morgan fingerprint density at radius 3 is 2.32 bits per heavy atom. The second-order valence-corrected chi connectivity index (χ2v) is 5.54. The number of benzene rings is 2. The molecule has 0 aliphatic rings. The predicted molar refractivity (Wildman–Crippen MR) is 91.0 cm³/mol. The van der Waals surface area contributed by atoms with Crippen LogP contribution in [0.3, 0.4) is 0 Å². The molecule has 2 aromatic carbocycles. The summed E-state index contributed by atoms with van der Waals surface area (Å²) in [6.45, 7) is 2.77. The van der Waals surface area contributed by atoms with Gasteiger partial charge in [-0.2, -0.15) is 0 Å². The van der Waals surface area contributed by atoms with Crippen LogP contribution in [0, 0.1) is 0 Å². The molecule has 0 radical (unpaired) electrons. The first-order valence-corrected chi connectivity index (χ1v) is 7.85. The van der Waals surface area contributed by atoms with Crippen LogP contribution in [-0.2, 0) is 4.79 Å². The van der Waals surface area contributed by atoms with Gasteiger partial charge in [-0.15, -0.1) is 0 Å². The summed E-state index contributed by atoms with van der Waals surface area (Å²) in [5, 5.41) is 0. The Bertz CT molecular complexity index is 630. The minimum absolute atomic E-state index is 0.409. The van der Waals surface area contributed by atoms with E-state index in [1.54, 1.807) is 18.2 Å². The van der Waals surface area contributed by atoms with Crippen molar-refractivity contribution in [3.05, 3.63) is 64.6 Å². The van der Waals surface area contributed by atoms with E-state index in [1.165, 1.54) is 6.08 Å². The molecule has 0 bridgehead atoms. The van der Waals surface area contributed by atoms with Crippen molar-refractivity contribution in [3.8, 4) is 11.5 Å². The number of carbonyl (C=O) groups is 1. The molecule has 0 aromatic heterocycles. The molecule has 0 heterocycles. The van der Waals surface area contributed by atoms with E-state index in [2.05, 4.69) is 22.9 Å². The third-order valence-corrected chi connectivity index (χ3v) is 3.33. The quantitative estimate of drug-likeness (QED) is 0.419. The highest BCUT2D eigenvalue weighted by Gasteiger charge is 2.00. The lowest BCUT2D eigenvalue weighted by atomic mass is 10.2. The third kappa shape index (κ3) is 5.37. The molecule has 2 rings (SSSR count). The molecule has 0 spiro atoms. The van der Waals surface area contributed by atoms with E-state index in [1.807, 2.05) is 36.4 Å². The maximum absolute atomic E-state index is 11.7. The largest absolute Gasteiger partial charge is 0.494 e. The molecule has 0 unspecified atom stereocenters. The third-order valence-electron chi connectivity index (χ3n) is 2.80. The van der Waals surface area contributed by atoms with Gasteiger partial charge in [-0.1, -0.05) is 35.0 Å². The fourth-order valence-corrected chi connectivity index (χ4v) is 1.98. The Hall–Kier alpha value is -2.07. The van der Waals surface area contributed by atoms with Crippen LogP contribution in [0.15, 0.2) is 59.1 Å². The van der Waals surface area contributed by atoms with Gasteiger partial charge in [-0.05, 0) is 54.5 Å². The van der Waals surface area contributed by atoms with E-state index in [4.69, 9.17) is 9.47 Å². The standard InChI is InChI=1S/C18H17BrO3/c1-2-13-21-16-8-3-14(4-9-16)5-12-18(20)22-17-10-6-15(19)7-11-17/h3-12H,2,13H2,1H3/b12-5+. The molecule has 0 fully saturated rings. The van der Waals surface area contributed by atoms with Crippen molar-refractivity contribution in [2.24, 2.45) is 0 Å². The number of esters is 1. The lowest BCUT2D eigenvalue weighted by Crippen LogP contribution is -2.03. The highest BCUT2D eigenvalue weighted by atomic mass is 79.9. The van der Waals surface area contributed by atoms with Crippen molar-refractivity contribution in [2.45, 2.75) is 13.3 Å². The molecule has 3 nitrogen and oxygen atoms in total. The van der Waals surface area contributed by atoms with Crippen molar-refractivity contribution in [3.63, 3.8) is 0 Å². The lowest BCUT2D eigenvalue weighted by molar-refractivity contribution is -0.128. The van der Waals surface area contributed by atoms with Crippen molar-refractivity contribution in [2.75, 3.05) is 6.61 Å². The second kappa shape index (κ2) is 8.39. The molecule has 0 aliphatic heterocycles. The molecule has 0 atom stereocenters. The van der Waals surface area contributed by atoms with E-state index in [9.17, 15) is 4.79 Å². The summed E-state index contributed by atoms with van der Waals surface area (Å²) in [5.41, 5.74) is 0.914. The summed E-state index contributed by atoms with van der Waals surface area (Å²) in [5.74, 6) is 0.936. The minimum atomic E-state index is -0.409. The SMILES string of the molecule is CCCOc1ccc(/C=C/C(=O)Oc2ccc(Br)cc2)cc1. The molecular formula is C18H17BrO3. The normalized spacial score (nSPS) is 10.6. The van der Waals surface area contributed by atoms with Crippen LogP contribution in [0.5, 0.6) is 11.5 Å². The molecule has 114 valence electrons. The van der Waals surface area contributed by atoms with Crippen molar-refractivity contribution < 1.29 is 14.3 Å². The monoisotopic (exact) mass is 360 g/mol. The first-order chi connectivity index (χ1) is 10.7. The van der Waals surface area contributed by atoms with Gasteiger partial charge in [-0.25, -0.2) is 4.79 Å². The van der Waals surface area contributed by atoms with E-state index >= 15 is 0 Å². The Morgan fingerprint density at radius 1 is 1.05 bits per heavy atom. The summed E-state index contributed by atoms with van der Waals surface area (Å²) in [7, 11) is 0. The molecule has 0 saturated carbocycles. The molecule has 0 aliphatic carbocycles. The zero-order valence-corrected chi connectivity index (χ0v) is 13.9. The van der Waals surface area contributed by atoms with Gasteiger partial charge in [0.05, 0.1) is 6.61 Å².